The first-order valence-corrected chi connectivity index (χ1v) is 7.06. The zero-order valence-electron chi connectivity index (χ0n) is 11.1. The lowest BCUT2D eigenvalue weighted by atomic mass is 10.1. The molecule has 3 nitrogen and oxygen atoms in total. The van der Waals surface area contributed by atoms with Crippen molar-refractivity contribution in [2.75, 3.05) is 5.32 Å². The van der Waals surface area contributed by atoms with Gasteiger partial charge in [-0.1, -0.05) is 41.4 Å². The molecule has 108 valence electrons. The average molecular weight is 332 g/mol. The van der Waals surface area contributed by atoms with E-state index in [1.165, 1.54) is 12.1 Å². The summed E-state index contributed by atoms with van der Waals surface area (Å²) in [7, 11) is 0. The minimum absolute atomic E-state index is 0.0421. The molecule has 22 heavy (non-hydrogen) atoms. The van der Waals surface area contributed by atoms with Crippen LogP contribution in [-0.2, 0) is 0 Å². The van der Waals surface area contributed by atoms with Crippen LogP contribution >= 0.6 is 23.2 Å². The first kappa shape index (κ1) is 14.6. The van der Waals surface area contributed by atoms with E-state index in [1.54, 1.807) is 6.07 Å². The molecule has 0 aliphatic carbocycles. The summed E-state index contributed by atoms with van der Waals surface area (Å²) in [5.41, 5.74) is 1.47. The molecular formula is C16H8Cl2FN3. The normalized spacial score (nSPS) is 10.5. The molecule has 0 fully saturated rings. The number of benzene rings is 2. The van der Waals surface area contributed by atoms with Gasteiger partial charge >= 0.3 is 0 Å². The highest BCUT2D eigenvalue weighted by Gasteiger charge is 2.13. The fourth-order valence-electron chi connectivity index (χ4n) is 2.05. The fraction of sp³-hybridized carbons (Fsp3) is 0. The lowest BCUT2D eigenvalue weighted by Gasteiger charge is -2.11. The van der Waals surface area contributed by atoms with E-state index >= 15 is 0 Å². The van der Waals surface area contributed by atoms with Crippen molar-refractivity contribution in [2.45, 2.75) is 0 Å². The van der Waals surface area contributed by atoms with Crippen LogP contribution in [0.1, 0.15) is 5.56 Å². The van der Waals surface area contributed by atoms with Gasteiger partial charge in [0.2, 0.25) is 0 Å². The summed E-state index contributed by atoms with van der Waals surface area (Å²) in [6.07, 6.45) is 0. The first-order chi connectivity index (χ1) is 10.6. The number of para-hydroxylation sites is 1. The Kier molecular flexibility index (Phi) is 3.84. The van der Waals surface area contributed by atoms with E-state index in [-0.39, 0.29) is 10.0 Å². The number of fused-ring (bicyclic) bond motifs is 1. The van der Waals surface area contributed by atoms with Crippen LogP contribution in [0.2, 0.25) is 10.0 Å². The number of halogens is 3. The Bertz CT molecular complexity index is 919. The number of anilines is 2. The number of hydrogen-bond acceptors (Lipinski definition) is 3. The maximum Gasteiger partial charge on any atom is 0.149 e. The van der Waals surface area contributed by atoms with Gasteiger partial charge in [-0.25, -0.2) is 9.37 Å². The molecule has 1 N–H and O–H groups in total. The third-order valence-electron chi connectivity index (χ3n) is 3.13. The zero-order valence-corrected chi connectivity index (χ0v) is 12.6. The van der Waals surface area contributed by atoms with Gasteiger partial charge in [-0.3, -0.25) is 0 Å². The number of rotatable bonds is 2. The summed E-state index contributed by atoms with van der Waals surface area (Å²) in [6, 6.07) is 13.9. The standard InChI is InChI=1S/C16H8Cl2FN3/c17-14-11(19)5-6-13(15(14)18)22-16-10(8-20)7-9-3-1-2-4-12(9)21-16/h1-7H,(H,21,22). The molecule has 1 aromatic heterocycles. The molecule has 0 radical (unpaired) electrons. The second-order valence-electron chi connectivity index (χ2n) is 4.54. The van der Waals surface area contributed by atoms with Crippen LogP contribution in [0.25, 0.3) is 10.9 Å². The monoisotopic (exact) mass is 331 g/mol. The van der Waals surface area contributed by atoms with Gasteiger partial charge in [0.1, 0.15) is 17.7 Å². The topological polar surface area (TPSA) is 48.7 Å². The molecule has 3 rings (SSSR count). The Morgan fingerprint density at radius 1 is 1.09 bits per heavy atom. The molecule has 0 saturated heterocycles. The van der Waals surface area contributed by atoms with Crippen molar-refractivity contribution >= 4 is 45.6 Å². The predicted octanol–water partition coefficient (Wildman–Crippen LogP) is 5.30. The molecule has 6 heteroatoms. The van der Waals surface area contributed by atoms with Crippen LogP contribution in [0.15, 0.2) is 42.5 Å². The van der Waals surface area contributed by atoms with Crippen molar-refractivity contribution in [3.8, 4) is 6.07 Å². The summed E-state index contributed by atoms with van der Waals surface area (Å²) in [4.78, 5) is 4.41. The van der Waals surface area contributed by atoms with Crippen LogP contribution in [-0.4, -0.2) is 4.98 Å². The van der Waals surface area contributed by atoms with Crippen molar-refractivity contribution in [3.05, 3.63) is 63.9 Å². The van der Waals surface area contributed by atoms with Gasteiger partial charge in [0.15, 0.2) is 0 Å². The molecule has 1 heterocycles. The summed E-state index contributed by atoms with van der Waals surface area (Å²) in [5, 5.41) is 12.9. The van der Waals surface area contributed by atoms with Crippen molar-refractivity contribution in [2.24, 2.45) is 0 Å². The first-order valence-electron chi connectivity index (χ1n) is 6.30. The van der Waals surface area contributed by atoms with Gasteiger partial charge < -0.3 is 5.32 Å². The largest absolute Gasteiger partial charge is 0.338 e. The summed E-state index contributed by atoms with van der Waals surface area (Å²) in [5.74, 6) is -0.269. The van der Waals surface area contributed by atoms with Crippen molar-refractivity contribution in [1.29, 1.82) is 5.26 Å². The van der Waals surface area contributed by atoms with E-state index in [0.29, 0.717) is 17.1 Å². The van der Waals surface area contributed by atoms with E-state index in [1.807, 2.05) is 24.3 Å². The molecule has 3 aromatic rings. The highest BCUT2D eigenvalue weighted by molar-refractivity contribution is 6.43. The van der Waals surface area contributed by atoms with Crippen LogP contribution < -0.4 is 5.32 Å². The second-order valence-corrected chi connectivity index (χ2v) is 5.29. The van der Waals surface area contributed by atoms with Crippen molar-refractivity contribution in [3.63, 3.8) is 0 Å². The van der Waals surface area contributed by atoms with Crippen molar-refractivity contribution < 1.29 is 4.39 Å². The van der Waals surface area contributed by atoms with Gasteiger partial charge in [0.25, 0.3) is 0 Å². The van der Waals surface area contributed by atoms with Gasteiger partial charge in [-0.2, -0.15) is 5.26 Å². The Morgan fingerprint density at radius 3 is 2.64 bits per heavy atom. The Morgan fingerprint density at radius 2 is 1.86 bits per heavy atom. The van der Waals surface area contributed by atoms with Crippen LogP contribution in [0, 0.1) is 17.1 Å². The lowest BCUT2D eigenvalue weighted by Crippen LogP contribution is -1.99. The number of pyridine rings is 1. The highest BCUT2D eigenvalue weighted by Crippen LogP contribution is 2.34. The molecular weight excluding hydrogens is 324 g/mol. The SMILES string of the molecule is N#Cc1cc2ccccc2nc1Nc1ccc(F)c(Cl)c1Cl. The molecule has 0 aliphatic heterocycles. The van der Waals surface area contributed by atoms with E-state index in [2.05, 4.69) is 16.4 Å². The maximum absolute atomic E-state index is 13.3. The molecule has 0 amide bonds. The van der Waals surface area contributed by atoms with Gasteiger partial charge in [-0.05, 0) is 24.3 Å². The highest BCUT2D eigenvalue weighted by atomic mass is 35.5. The molecule has 0 spiro atoms. The molecule has 2 aromatic carbocycles. The van der Waals surface area contributed by atoms with Gasteiger partial charge in [0.05, 0.1) is 26.8 Å². The van der Waals surface area contributed by atoms with Crippen molar-refractivity contribution in [1.82, 2.24) is 4.98 Å². The minimum Gasteiger partial charge on any atom is -0.338 e. The quantitative estimate of drug-likeness (QED) is 0.648. The van der Waals surface area contributed by atoms with Crippen LogP contribution in [0.5, 0.6) is 0 Å². The number of nitrogens with one attached hydrogen (secondary N) is 1. The third kappa shape index (κ3) is 2.57. The Labute approximate surface area is 135 Å². The average Bonchev–Trinajstić information content (AvgIpc) is 2.54. The molecule has 0 saturated carbocycles. The van der Waals surface area contributed by atoms with E-state index in [4.69, 9.17) is 23.2 Å². The summed E-state index contributed by atoms with van der Waals surface area (Å²) < 4.78 is 13.3. The summed E-state index contributed by atoms with van der Waals surface area (Å²) in [6.45, 7) is 0. The molecule has 0 aliphatic rings. The molecule has 0 unspecified atom stereocenters. The maximum atomic E-state index is 13.3. The van der Waals surface area contributed by atoms with Gasteiger partial charge in [-0.15, -0.1) is 0 Å². The summed E-state index contributed by atoms with van der Waals surface area (Å²) >= 11 is 11.8. The van der Waals surface area contributed by atoms with E-state index in [0.717, 1.165) is 10.9 Å². The second kappa shape index (κ2) is 5.80. The smallest absolute Gasteiger partial charge is 0.149 e. The Balaban J connectivity index is 2.11. The fourth-order valence-corrected chi connectivity index (χ4v) is 2.41. The number of hydrogen-bond donors (Lipinski definition) is 1. The van der Waals surface area contributed by atoms with Crippen LogP contribution in [0.3, 0.4) is 0 Å². The lowest BCUT2D eigenvalue weighted by molar-refractivity contribution is 0.628. The Hall–Kier alpha value is -2.35. The minimum atomic E-state index is -0.607. The predicted molar refractivity (Wildman–Crippen MR) is 86.2 cm³/mol. The van der Waals surface area contributed by atoms with Gasteiger partial charge in [0, 0.05) is 5.39 Å². The number of aromatic nitrogens is 1. The van der Waals surface area contributed by atoms with E-state index < -0.39 is 5.82 Å². The number of nitrogens with zero attached hydrogens (tertiary/aromatic N) is 2. The number of nitriles is 1. The third-order valence-corrected chi connectivity index (χ3v) is 3.99. The van der Waals surface area contributed by atoms with Crippen LogP contribution in [0.4, 0.5) is 15.9 Å². The molecule has 0 bridgehead atoms. The molecule has 0 atom stereocenters. The van der Waals surface area contributed by atoms with E-state index in [9.17, 15) is 9.65 Å². The zero-order chi connectivity index (χ0) is 15.7.